The van der Waals surface area contributed by atoms with Crippen molar-refractivity contribution < 1.29 is 9.50 Å². The third-order valence-corrected chi connectivity index (χ3v) is 4.06. The Kier molecular flexibility index (Phi) is 4.26. The predicted octanol–water partition coefficient (Wildman–Crippen LogP) is 2.19. The number of rotatable bonds is 3. The number of alkyl halides is 1. The highest BCUT2D eigenvalue weighted by atomic mass is 35.5. The summed E-state index contributed by atoms with van der Waals surface area (Å²) in [6.45, 7) is 0. The number of anilines is 1. The molecule has 0 aliphatic heterocycles. The van der Waals surface area contributed by atoms with Gasteiger partial charge >= 0.3 is 0 Å². The molecule has 6 nitrogen and oxygen atoms in total. The lowest BCUT2D eigenvalue weighted by atomic mass is 9.91. The van der Waals surface area contributed by atoms with Crippen molar-refractivity contribution in [2.24, 2.45) is 7.05 Å². The fraction of sp³-hybridized carbons (Fsp3) is 0.500. The number of aryl methyl sites for hydroxylation is 1. The van der Waals surface area contributed by atoms with Crippen LogP contribution in [-0.4, -0.2) is 43.2 Å². The van der Waals surface area contributed by atoms with E-state index in [1.54, 1.807) is 17.1 Å². The Hall–Kier alpha value is -1.73. The minimum atomic E-state index is -1.22. The van der Waals surface area contributed by atoms with Crippen LogP contribution in [0.4, 0.5) is 10.2 Å². The second-order valence-electron chi connectivity index (χ2n) is 5.49. The zero-order valence-corrected chi connectivity index (χ0v) is 12.8. The third-order valence-electron chi connectivity index (χ3n) is 3.88. The lowest BCUT2D eigenvalue weighted by molar-refractivity contribution is 0.0342. The lowest BCUT2D eigenvalue weighted by Crippen LogP contribution is -2.43. The van der Waals surface area contributed by atoms with Crippen molar-refractivity contribution in [1.82, 2.24) is 19.7 Å². The van der Waals surface area contributed by atoms with Gasteiger partial charge in [-0.3, -0.25) is 4.68 Å². The number of nitrogens with one attached hydrogen (secondary N) is 1. The van der Waals surface area contributed by atoms with Crippen molar-refractivity contribution in [3.8, 4) is 11.1 Å². The van der Waals surface area contributed by atoms with Crippen LogP contribution in [-0.2, 0) is 7.05 Å². The molecule has 0 unspecified atom stereocenters. The molecule has 8 heteroatoms. The van der Waals surface area contributed by atoms with Gasteiger partial charge < -0.3 is 10.4 Å². The number of hydrogen-bond donors (Lipinski definition) is 2. The Morgan fingerprint density at radius 3 is 2.95 bits per heavy atom. The standard InChI is InChI=1S/C14H17ClFN5O/c1-21-7-8(5-18-21)9-6-17-14(15)20-13(9)19-11-4-2-3-10(16)12(11)22/h5-7,10-12,22H,2-4H2,1H3,(H,17,19,20)/t10-,11-,12+/m0/s1. The Bertz CT molecular complexity index is 664. The summed E-state index contributed by atoms with van der Waals surface area (Å²) in [7, 11) is 1.81. The van der Waals surface area contributed by atoms with Crippen LogP contribution < -0.4 is 5.32 Å². The van der Waals surface area contributed by atoms with Crippen molar-refractivity contribution in [3.05, 3.63) is 23.9 Å². The summed E-state index contributed by atoms with van der Waals surface area (Å²) in [5.74, 6) is 0.478. The lowest BCUT2D eigenvalue weighted by Gasteiger charge is -2.31. The van der Waals surface area contributed by atoms with Gasteiger partial charge in [0.15, 0.2) is 0 Å². The Morgan fingerprint density at radius 1 is 1.41 bits per heavy atom. The van der Waals surface area contributed by atoms with Gasteiger partial charge in [0, 0.05) is 30.6 Å². The first-order chi connectivity index (χ1) is 10.5. The van der Waals surface area contributed by atoms with Gasteiger partial charge in [-0.05, 0) is 30.9 Å². The molecule has 0 radical (unpaired) electrons. The highest BCUT2D eigenvalue weighted by molar-refractivity contribution is 6.28. The van der Waals surface area contributed by atoms with Gasteiger partial charge in [0.2, 0.25) is 5.28 Å². The monoisotopic (exact) mass is 325 g/mol. The Balaban J connectivity index is 1.90. The molecule has 3 rings (SSSR count). The quantitative estimate of drug-likeness (QED) is 0.846. The maximum atomic E-state index is 13.7. The van der Waals surface area contributed by atoms with E-state index in [1.807, 2.05) is 13.2 Å². The molecular formula is C14H17ClFN5O. The predicted molar refractivity (Wildman–Crippen MR) is 81.4 cm³/mol. The van der Waals surface area contributed by atoms with Gasteiger partial charge in [0.05, 0.1) is 12.2 Å². The summed E-state index contributed by atoms with van der Waals surface area (Å²) in [5, 5.41) is 17.3. The van der Waals surface area contributed by atoms with Gasteiger partial charge in [-0.25, -0.2) is 14.4 Å². The molecule has 1 fully saturated rings. The van der Waals surface area contributed by atoms with E-state index in [2.05, 4.69) is 20.4 Å². The van der Waals surface area contributed by atoms with Crippen LogP contribution in [0.1, 0.15) is 19.3 Å². The average molecular weight is 326 g/mol. The minimum absolute atomic E-state index is 0.0947. The molecule has 1 aliphatic carbocycles. The van der Waals surface area contributed by atoms with Crippen LogP contribution in [0.25, 0.3) is 11.1 Å². The maximum Gasteiger partial charge on any atom is 0.224 e. The summed E-state index contributed by atoms with van der Waals surface area (Å²) in [6.07, 6.45) is 4.62. The molecule has 0 amide bonds. The average Bonchev–Trinajstić information content (AvgIpc) is 2.90. The topological polar surface area (TPSA) is 75.9 Å². The van der Waals surface area contributed by atoms with E-state index in [0.717, 1.165) is 12.0 Å². The molecular weight excluding hydrogens is 309 g/mol. The number of hydrogen-bond acceptors (Lipinski definition) is 5. The maximum absolute atomic E-state index is 13.7. The van der Waals surface area contributed by atoms with E-state index in [-0.39, 0.29) is 5.28 Å². The summed E-state index contributed by atoms with van der Waals surface area (Å²) < 4.78 is 15.3. The van der Waals surface area contributed by atoms with Crippen molar-refractivity contribution in [2.45, 2.75) is 37.6 Å². The Labute approximate surface area is 132 Å². The van der Waals surface area contributed by atoms with Gasteiger partial charge in [-0.1, -0.05) is 0 Å². The highest BCUT2D eigenvalue weighted by Crippen LogP contribution is 2.30. The van der Waals surface area contributed by atoms with Gasteiger partial charge in [-0.2, -0.15) is 5.10 Å². The van der Waals surface area contributed by atoms with Crippen molar-refractivity contribution in [1.29, 1.82) is 0 Å². The van der Waals surface area contributed by atoms with E-state index in [9.17, 15) is 9.50 Å². The van der Waals surface area contributed by atoms with Gasteiger partial charge in [0.25, 0.3) is 0 Å². The van der Waals surface area contributed by atoms with Crippen molar-refractivity contribution >= 4 is 17.4 Å². The number of aliphatic hydroxyl groups is 1. The largest absolute Gasteiger partial charge is 0.388 e. The molecule has 2 aromatic heterocycles. The number of aliphatic hydroxyl groups excluding tert-OH is 1. The molecule has 2 heterocycles. The van der Waals surface area contributed by atoms with Crippen LogP contribution in [0.3, 0.4) is 0 Å². The molecule has 1 aliphatic rings. The van der Waals surface area contributed by atoms with E-state index in [4.69, 9.17) is 11.6 Å². The molecule has 118 valence electrons. The molecule has 2 aromatic rings. The van der Waals surface area contributed by atoms with Gasteiger partial charge in [-0.15, -0.1) is 0 Å². The van der Waals surface area contributed by atoms with E-state index >= 15 is 0 Å². The minimum Gasteiger partial charge on any atom is -0.388 e. The first kappa shape index (κ1) is 15.2. The SMILES string of the molecule is Cn1cc(-c2cnc(Cl)nc2N[C@H]2CCC[C@H](F)[C@H]2O)cn1. The van der Waals surface area contributed by atoms with Crippen LogP contribution in [0.15, 0.2) is 18.6 Å². The van der Waals surface area contributed by atoms with Crippen LogP contribution in [0.2, 0.25) is 5.28 Å². The van der Waals surface area contributed by atoms with Crippen LogP contribution >= 0.6 is 11.6 Å². The molecule has 1 saturated carbocycles. The fourth-order valence-electron chi connectivity index (χ4n) is 2.70. The van der Waals surface area contributed by atoms with E-state index in [1.165, 1.54) is 0 Å². The smallest absolute Gasteiger partial charge is 0.224 e. The van der Waals surface area contributed by atoms with Crippen LogP contribution in [0, 0.1) is 0 Å². The zero-order chi connectivity index (χ0) is 15.7. The summed E-state index contributed by atoms with van der Waals surface area (Å²) in [5.41, 5.74) is 1.54. The Morgan fingerprint density at radius 2 is 2.23 bits per heavy atom. The number of nitrogens with zero attached hydrogens (tertiary/aromatic N) is 4. The summed E-state index contributed by atoms with van der Waals surface area (Å²) in [6, 6.07) is -0.398. The molecule has 2 N–H and O–H groups in total. The van der Waals surface area contributed by atoms with Gasteiger partial charge in [0.1, 0.15) is 18.1 Å². The zero-order valence-electron chi connectivity index (χ0n) is 12.1. The van der Waals surface area contributed by atoms with Crippen LogP contribution in [0.5, 0.6) is 0 Å². The number of aromatic nitrogens is 4. The molecule has 0 saturated heterocycles. The van der Waals surface area contributed by atoms with E-state index < -0.39 is 18.3 Å². The highest BCUT2D eigenvalue weighted by Gasteiger charge is 2.32. The normalized spacial score (nSPS) is 25.2. The van der Waals surface area contributed by atoms with Crippen molar-refractivity contribution in [3.63, 3.8) is 0 Å². The third kappa shape index (κ3) is 3.05. The first-order valence-electron chi connectivity index (χ1n) is 7.15. The molecule has 3 atom stereocenters. The molecule has 0 bridgehead atoms. The number of halogens is 2. The second-order valence-corrected chi connectivity index (χ2v) is 5.83. The molecule has 0 aromatic carbocycles. The van der Waals surface area contributed by atoms with Crippen molar-refractivity contribution in [2.75, 3.05) is 5.32 Å². The summed E-state index contributed by atoms with van der Waals surface area (Å²) in [4.78, 5) is 8.18. The molecule has 22 heavy (non-hydrogen) atoms. The van der Waals surface area contributed by atoms with E-state index in [0.29, 0.717) is 24.2 Å². The summed E-state index contributed by atoms with van der Waals surface area (Å²) >= 11 is 5.87. The first-order valence-corrected chi connectivity index (χ1v) is 7.52. The second kappa shape index (κ2) is 6.18. The molecule has 0 spiro atoms. The fourth-order valence-corrected chi connectivity index (χ4v) is 2.83.